The fraction of sp³-hybridized carbons (Fsp3) is 0.167. The van der Waals surface area contributed by atoms with Crippen molar-refractivity contribution in [3.8, 4) is 0 Å². The highest BCUT2D eigenvalue weighted by molar-refractivity contribution is 9.10. The fourth-order valence-corrected chi connectivity index (χ4v) is 2.99. The zero-order chi connectivity index (χ0) is 17.1. The monoisotopic (exact) mass is 383 g/mol. The Bertz CT molecular complexity index is 856. The second-order valence-electron chi connectivity index (χ2n) is 5.67. The van der Waals surface area contributed by atoms with Crippen molar-refractivity contribution in [2.45, 2.75) is 20.8 Å². The average Bonchev–Trinajstić information content (AvgIpc) is 2.53. The van der Waals surface area contributed by atoms with E-state index in [9.17, 15) is 0 Å². The topological polar surface area (TPSA) is 62.7 Å². The molecule has 0 amide bonds. The van der Waals surface area contributed by atoms with Crippen LogP contribution in [0.15, 0.2) is 47.1 Å². The lowest BCUT2D eigenvalue weighted by Gasteiger charge is -2.13. The molecule has 3 rings (SSSR count). The molecule has 5 nitrogen and oxygen atoms in total. The number of hydrogen-bond donors (Lipinski definition) is 2. The van der Waals surface area contributed by atoms with E-state index in [0.29, 0.717) is 11.8 Å². The number of halogens is 1. The highest BCUT2D eigenvalue weighted by Gasteiger charge is 2.07. The first kappa shape index (κ1) is 16.4. The average molecular weight is 384 g/mol. The van der Waals surface area contributed by atoms with E-state index in [4.69, 9.17) is 0 Å². The third-order valence-electron chi connectivity index (χ3n) is 3.61. The van der Waals surface area contributed by atoms with Crippen molar-refractivity contribution in [1.29, 1.82) is 0 Å². The summed E-state index contributed by atoms with van der Waals surface area (Å²) in [6.45, 7) is 6.25. The number of anilines is 4. The fourth-order valence-electron chi connectivity index (χ4n) is 2.61. The minimum Gasteiger partial charge on any atom is -0.338 e. The van der Waals surface area contributed by atoms with Crippen LogP contribution in [0.4, 0.5) is 23.1 Å². The third-order valence-corrected chi connectivity index (χ3v) is 4.30. The van der Waals surface area contributed by atoms with E-state index < -0.39 is 0 Å². The number of aryl methyl sites for hydroxylation is 3. The van der Waals surface area contributed by atoms with Crippen LogP contribution in [-0.4, -0.2) is 15.2 Å². The highest BCUT2D eigenvalue weighted by atomic mass is 79.9. The molecule has 122 valence electrons. The first-order valence-corrected chi connectivity index (χ1v) is 8.38. The quantitative estimate of drug-likeness (QED) is 0.659. The van der Waals surface area contributed by atoms with Gasteiger partial charge in [-0.15, -0.1) is 5.10 Å². The minimum absolute atomic E-state index is 0.439. The molecule has 6 heteroatoms. The number of rotatable bonds is 4. The molecule has 0 saturated heterocycles. The van der Waals surface area contributed by atoms with Gasteiger partial charge in [-0.2, -0.15) is 10.1 Å². The lowest BCUT2D eigenvalue weighted by molar-refractivity contribution is 0.981. The molecule has 1 heterocycles. The number of nitrogens with zero attached hydrogens (tertiary/aromatic N) is 3. The van der Waals surface area contributed by atoms with Gasteiger partial charge in [0, 0.05) is 10.2 Å². The van der Waals surface area contributed by atoms with Crippen LogP contribution in [0.2, 0.25) is 0 Å². The van der Waals surface area contributed by atoms with Crippen LogP contribution in [0, 0.1) is 20.8 Å². The van der Waals surface area contributed by atoms with E-state index in [1.807, 2.05) is 24.3 Å². The molecule has 2 aromatic carbocycles. The van der Waals surface area contributed by atoms with Crippen LogP contribution < -0.4 is 10.6 Å². The maximum absolute atomic E-state index is 4.49. The normalized spacial score (nSPS) is 10.5. The molecular formula is C18H18BrN5. The summed E-state index contributed by atoms with van der Waals surface area (Å²) in [5.41, 5.74) is 5.53. The number of hydrogen-bond acceptors (Lipinski definition) is 5. The van der Waals surface area contributed by atoms with Crippen LogP contribution in [0.25, 0.3) is 0 Å². The molecule has 0 unspecified atom stereocenters. The van der Waals surface area contributed by atoms with Crippen LogP contribution in [0.5, 0.6) is 0 Å². The summed E-state index contributed by atoms with van der Waals surface area (Å²) in [6, 6.07) is 12.1. The summed E-state index contributed by atoms with van der Waals surface area (Å²) in [5.74, 6) is 1.09. The molecule has 0 radical (unpaired) electrons. The molecule has 0 aliphatic rings. The maximum Gasteiger partial charge on any atom is 0.249 e. The van der Waals surface area contributed by atoms with Gasteiger partial charge in [-0.1, -0.05) is 29.8 Å². The van der Waals surface area contributed by atoms with Crippen molar-refractivity contribution >= 4 is 39.1 Å². The second kappa shape index (κ2) is 6.97. The molecule has 0 fully saturated rings. The van der Waals surface area contributed by atoms with Gasteiger partial charge in [0.1, 0.15) is 0 Å². The number of benzene rings is 2. The molecule has 0 saturated carbocycles. The molecule has 0 aliphatic carbocycles. The molecule has 24 heavy (non-hydrogen) atoms. The van der Waals surface area contributed by atoms with E-state index in [1.54, 1.807) is 6.20 Å². The first-order valence-electron chi connectivity index (χ1n) is 7.59. The van der Waals surface area contributed by atoms with Crippen molar-refractivity contribution in [1.82, 2.24) is 15.2 Å². The Morgan fingerprint density at radius 2 is 1.67 bits per heavy atom. The first-order chi connectivity index (χ1) is 11.5. The van der Waals surface area contributed by atoms with Gasteiger partial charge in [-0.05, 0) is 60.0 Å². The summed E-state index contributed by atoms with van der Waals surface area (Å²) < 4.78 is 0.942. The Hall–Kier alpha value is -2.47. The van der Waals surface area contributed by atoms with Crippen LogP contribution in [-0.2, 0) is 0 Å². The van der Waals surface area contributed by atoms with Gasteiger partial charge in [-0.3, -0.25) is 0 Å². The summed E-state index contributed by atoms with van der Waals surface area (Å²) in [4.78, 5) is 4.49. The van der Waals surface area contributed by atoms with Crippen molar-refractivity contribution in [2.75, 3.05) is 10.6 Å². The Morgan fingerprint density at radius 3 is 2.38 bits per heavy atom. The molecule has 0 bridgehead atoms. The molecule has 0 spiro atoms. The molecule has 0 aliphatic heterocycles. The second-order valence-corrected chi connectivity index (χ2v) is 6.52. The van der Waals surface area contributed by atoms with Crippen LogP contribution in [0.3, 0.4) is 0 Å². The van der Waals surface area contributed by atoms with Crippen LogP contribution >= 0.6 is 15.9 Å². The van der Waals surface area contributed by atoms with E-state index in [2.05, 4.69) is 74.6 Å². The van der Waals surface area contributed by atoms with Gasteiger partial charge < -0.3 is 10.6 Å². The standard InChI is InChI=1S/C18H18BrN5/c1-11-8-12(2)17(13(3)9-11)22-16-10-20-24-18(23-16)21-15-7-5-4-6-14(15)19/h4-10H,1-3H3,(H2,21,22,23,24). The van der Waals surface area contributed by atoms with Crippen molar-refractivity contribution in [3.63, 3.8) is 0 Å². The Morgan fingerprint density at radius 1 is 0.958 bits per heavy atom. The Balaban J connectivity index is 1.85. The highest BCUT2D eigenvalue weighted by Crippen LogP contribution is 2.26. The Labute approximate surface area is 149 Å². The van der Waals surface area contributed by atoms with Gasteiger partial charge in [0.2, 0.25) is 5.95 Å². The molecule has 1 aromatic heterocycles. The lowest BCUT2D eigenvalue weighted by atomic mass is 10.1. The van der Waals surface area contributed by atoms with Gasteiger partial charge in [0.15, 0.2) is 5.82 Å². The summed E-state index contributed by atoms with van der Waals surface area (Å²) in [6.07, 6.45) is 1.62. The largest absolute Gasteiger partial charge is 0.338 e. The molecule has 2 N–H and O–H groups in total. The lowest BCUT2D eigenvalue weighted by Crippen LogP contribution is -2.04. The van der Waals surface area contributed by atoms with E-state index in [1.165, 1.54) is 16.7 Å². The van der Waals surface area contributed by atoms with Gasteiger partial charge in [0.05, 0.1) is 11.9 Å². The SMILES string of the molecule is Cc1cc(C)c(Nc2cnnc(Nc3ccccc3Br)n2)c(C)c1. The van der Waals surface area contributed by atoms with E-state index in [0.717, 1.165) is 15.8 Å². The third kappa shape index (κ3) is 3.71. The van der Waals surface area contributed by atoms with Crippen molar-refractivity contribution in [2.24, 2.45) is 0 Å². The predicted molar refractivity (Wildman–Crippen MR) is 101 cm³/mol. The smallest absolute Gasteiger partial charge is 0.249 e. The number of para-hydroxylation sites is 1. The van der Waals surface area contributed by atoms with Crippen molar-refractivity contribution < 1.29 is 0 Å². The van der Waals surface area contributed by atoms with Crippen molar-refractivity contribution in [3.05, 3.63) is 63.8 Å². The molecule has 3 aromatic rings. The molecule has 0 atom stereocenters. The number of nitrogens with one attached hydrogen (secondary N) is 2. The van der Waals surface area contributed by atoms with E-state index in [-0.39, 0.29) is 0 Å². The maximum atomic E-state index is 4.49. The number of aromatic nitrogens is 3. The summed E-state index contributed by atoms with van der Waals surface area (Å²) >= 11 is 3.50. The van der Waals surface area contributed by atoms with E-state index >= 15 is 0 Å². The summed E-state index contributed by atoms with van der Waals surface area (Å²) in [7, 11) is 0. The summed E-state index contributed by atoms with van der Waals surface area (Å²) in [5, 5.41) is 14.6. The molecular weight excluding hydrogens is 366 g/mol. The minimum atomic E-state index is 0.439. The van der Waals surface area contributed by atoms with Crippen LogP contribution in [0.1, 0.15) is 16.7 Å². The van der Waals surface area contributed by atoms with Gasteiger partial charge >= 0.3 is 0 Å². The Kier molecular flexibility index (Phi) is 4.76. The van der Waals surface area contributed by atoms with Gasteiger partial charge in [-0.25, -0.2) is 0 Å². The van der Waals surface area contributed by atoms with Gasteiger partial charge in [0.25, 0.3) is 0 Å². The zero-order valence-electron chi connectivity index (χ0n) is 13.8. The zero-order valence-corrected chi connectivity index (χ0v) is 15.3. The predicted octanol–water partition coefficient (Wildman–Crippen LogP) is 5.05.